The number of primary amides is 1. The molecule has 1 heterocycles. The van der Waals surface area contributed by atoms with Crippen molar-refractivity contribution in [2.75, 3.05) is 13.7 Å². The lowest BCUT2D eigenvalue weighted by Gasteiger charge is -2.06. The number of methoxy groups -OCH3 is 1. The molecule has 0 saturated carbocycles. The molecule has 7 nitrogen and oxygen atoms in total. The Labute approximate surface area is 166 Å². The number of carbonyl (C=O) groups is 1. The van der Waals surface area contributed by atoms with E-state index in [9.17, 15) is 9.90 Å². The number of hydrogen-bond donors (Lipinski definition) is 2. The van der Waals surface area contributed by atoms with Crippen LogP contribution in [0.2, 0.25) is 0 Å². The van der Waals surface area contributed by atoms with Crippen molar-refractivity contribution in [2.24, 2.45) is 15.8 Å². The third-order valence-corrected chi connectivity index (χ3v) is 4.83. The molecule has 0 aliphatic heterocycles. The van der Waals surface area contributed by atoms with Crippen LogP contribution in [0.5, 0.6) is 11.5 Å². The minimum Gasteiger partial charge on any atom is -0.507 e. The second kappa shape index (κ2) is 8.53. The highest BCUT2D eigenvalue weighted by molar-refractivity contribution is 7.07. The van der Waals surface area contributed by atoms with Crippen LogP contribution in [-0.4, -0.2) is 35.6 Å². The summed E-state index contributed by atoms with van der Waals surface area (Å²) in [7, 11) is 1.62. The van der Waals surface area contributed by atoms with Crippen LogP contribution in [-0.2, 0) is 0 Å². The first-order valence-corrected chi connectivity index (χ1v) is 9.44. The first-order chi connectivity index (χ1) is 13.5. The molecule has 0 bridgehead atoms. The Hall–Kier alpha value is -3.39. The Morgan fingerprint density at radius 3 is 2.68 bits per heavy atom. The van der Waals surface area contributed by atoms with E-state index in [-0.39, 0.29) is 11.3 Å². The van der Waals surface area contributed by atoms with Gasteiger partial charge in [0.05, 0.1) is 24.6 Å². The topological polar surface area (TPSA) is 102 Å². The summed E-state index contributed by atoms with van der Waals surface area (Å²) >= 11 is 1.44. The van der Waals surface area contributed by atoms with Crippen LogP contribution >= 0.6 is 11.3 Å². The monoisotopic (exact) mass is 396 g/mol. The number of nitrogens with two attached hydrogens (primary N) is 1. The van der Waals surface area contributed by atoms with E-state index in [1.54, 1.807) is 30.1 Å². The summed E-state index contributed by atoms with van der Waals surface area (Å²) in [5.41, 5.74) is 7.75. The van der Waals surface area contributed by atoms with Gasteiger partial charge >= 0.3 is 0 Å². The van der Waals surface area contributed by atoms with E-state index in [2.05, 4.69) is 10.1 Å². The summed E-state index contributed by atoms with van der Waals surface area (Å²) in [6.45, 7) is 2.56. The Kier molecular flexibility index (Phi) is 5.90. The predicted molar refractivity (Wildman–Crippen MR) is 110 cm³/mol. The number of benzene rings is 2. The number of aromatic hydroxyl groups is 1. The molecule has 2 aromatic carbocycles. The molecule has 0 aliphatic rings. The lowest BCUT2D eigenvalue weighted by molar-refractivity contribution is 0.0998. The van der Waals surface area contributed by atoms with E-state index in [1.165, 1.54) is 17.4 Å². The molecular formula is C20H20N4O3S. The number of phenols is 1. The number of aromatic nitrogens is 1. The minimum absolute atomic E-state index is 0.0587. The molecule has 144 valence electrons. The van der Waals surface area contributed by atoms with Crippen LogP contribution in [0.25, 0.3) is 11.3 Å². The molecule has 0 aliphatic carbocycles. The summed E-state index contributed by atoms with van der Waals surface area (Å²) in [5, 5.41) is 16.3. The molecule has 0 radical (unpaired) electrons. The number of thiazole rings is 1. The third kappa shape index (κ3) is 4.12. The van der Waals surface area contributed by atoms with Crippen LogP contribution in [0, 0.1) is 0 Å². The number of amides is 1. The Morgan fingerprint density at radius 2 is 2.04 bits per heavy atom. The number of ether oxygens (including phenoxy) is 1. The van der Waals surface area contributed by atoms with Crippen LogP contribution in [0.15, 0.2) is 57.9 Å². The summed E-state index contributed by atoms with van der Waals surface area (Å²) in [4.78, 5) is 16.8. The molecule has 1 aromatic heterocycles. The van der Waals surface area contributed by atoms with Crippen molar-refractivity contribution in [3.63, 3.8) is 0 Å². The highest BCUT2D eigenvalue weighted by Gasteiger charge is 2.13. The molecule has 3 aromatic rings. The quantitative estimate of drug-likeness (QED) is 0.626. The van der Waals surface area contributed by atoms with Crippen LogP contribution in [0.3, 0.4) is 0 Å². The van der Waals surface area contributed by atoms with E-state index >= 15 is 0 Å². The average molecular weight is 396 g/mol. The maximum atomic E-state index is 11.6. The van der Waals surface area contributed by atoms with Crippen LogP contribution < -0.4 is 15.3 Å². The first-order valence-electron chi connectivity index (χ1n) is 8.56. The lowest BCUT2D eigenvalue weighted by atomic mass is 10.1. The molecule has 0 unspecified atom stereocenters. The molecule has 0 saturated heterocycles. The van der Waals surface area contributed by atoms with Gasteiger partial charge in [-0.3, -0.25) is 9.79 Å². The van der Waals surface area contributed by atoms with E-state index in [0.717, 1.165) is 21.8 Å². The smallest absolute Gasteiger partial charge is 0.252 e. The lowest BCUT2D eigenvalue weighted by Crippen LogP contribution is -2.13. The molecule has 0 atom stereocenters. The van der Waals surface area contributed by atoms with Gasteiger partial charge in [-0.05, 0) is 55.0 Å². The van der Waals surface area contributed by atoms with Gasteiger partial charge in [-0.2, -0.15) is 5.10 Å². The van der Waals surface area contributed by atoms with Gasteiger partial charge in [0, 0.05) is 17.5 Å². The maximum Gasteiger partial charge on any atom is 0.252 e. The molecule has 1 amide bonds. The van der Waals surface area contributed by atoms with E-state index < -0.39 is 5.91 Å². The van der Waals surface area contributed by atoms with Crippen molar-refractivity contribution in [1.82, 2.24) is 4.68 Å². The minimum atomic E-state index is -0.693. The maximum absolute atomic E-state index is 11.6. The summed E-state index contributed by atoms with van der Waals surface area (Å²) in [5.74, 6) is -0.0784. The molecule has 8 heteroatoms. The normalized spacial score (nSPS) is 11.9. The molecule has 0 spiro atoms. The van der Waals surface area contributed by atoms with Gasteiger partial charge in [0.15, 0.2) is 0 Å². The summed E-state index contributed by atoms with van der Waals surface area (Å²) in [6.07, 6.45) is 1.72. The summed E-state index contributed by atoms with van der Waals surface area (Å²) in [6, 6.07) is 12.2. The van der Waals surface area contributed by atoms with Crippen molar-refractivity contribution >= 4 is 23.5 Å². The highest BCUT2D eigenvalue weighted by atomic mass is 32.1. The van der Waals surface area contributed by atoms with Crippen molar-refractivity contribution in [3.8, 4) is 22.8 Å². The molecule has 3 rings (SSSR count). The zero-order chi connectivity index (χ0) is 20.1. The molecule has 0 fully saturated rings. The van der Waals surface area contributed by atoms with Gasteiger partial charge in [-0.25, -0.2) is 4.68 Å². The van der Waals surface area contributed by atoms with Crippen molar-refractivity contribution < 1.29 is 14.6 Å². The van der Waals surface area contributed by atoms with Crippen LogP contribution in [0.1, 0.15) is 22.8 Å². The fourth-order valence-corrected chi connectivity index (χ4v) is 3.46. The van der Waals surface area contributed by atoms with Crippen LogP contribution in [0.4, 0.5) is 0 Å². The second-order valence-corrected chi connectivity index (χ2v) is 6.64. The van der Waals surface area contributed by atoms with Gasteiger partial charge in [-0.1, -0.05) is 0 Å². The van der Waals surface area contributed by atoms with Crippen molar-refractivity contribution in [1.29, 1.82) is 0 Å². The number of hydrogen-bond acceptors (Lipinski definition) is 6. The third-order valence-electron chi connectivity index (χ3n) is 3.97. The van der Waals surface area contributed by atoms with E-state index in [4.69, 9.17) is 10.5 Å². The largest absolute Gasteiger partial charge is 0.507 e. The zero-order valence-electron chi connectivity index (χ0n) is 15.5. The Balaban J connectivity index is 2.06. The van der Waals surface area contributed by atoms with Gasteiger partial charge in [0.25, 0.3) is 5.91 Å². The molecule has 3 N–H and O–H groups in total. The van der Waals surface area contributed by atoms with E-state index in [1.807, 2.05) is 36.6 Å². The predicted octanol–water partition coefficient (Wildman–Crippen LogP) is 2.83. The first kappa shape index (κ1) is 19.4. The Morgan fingerprint density at radius 1 is 1.29 bits per heavy atom. The van der Waals surface area contributed by atoms with Crippen molar-refractivity contribution in [3.05, 3.63) is 63.8 Å². The highest BCUT2D eigenvalue weighted by Crippen LogP contribution is 2.26. The summed E-state index contributed by atoms with van der Waals surface area (Å²) < 4.78 is 6.87. The van der Waals surface area contributed by atoms with Gasteiger partial charge in [0.1, 0.15) is 11.5 Å². The average Bonchev–Trinajstić information content (AvgIpc) is 3.10. The number of carbonyl (C=O) groups excluding carboxylic acids is 1. The zero-order valence-corrected chi connectivity index (χ0v) is 16.3. The van der Waals surface area contributed by atoms with Gasteiger partial charge < -0.3 is 15.6 Å². The number of rotatable bonds is 6. The fourth-order valence-electron chi connectivity index (χ4n) is 2.56. The fraction of sp³-hybridized carbons (Fsp3) is 0.150. The Bertz CT molecular complexity index is 1080. The second-order valence-electron chi connectivity index (χ2n) is 5.80. The standard InChI is InChI=1S/C20H20N4O3S/c1-3-22-20-24(23-11-13-4-7-15(27-2)8-5-13)17(12-28-20)14-6-9-18(25)16(10-14)19(21)26/h4-12,25H,3H2,1-2H3,(H2,21,26)/b22-20?,23-11-. The molecular weight excluding hydrogens is 376 g/mol. The van der Waals surface area contributed by atoms with E-state index in [0.29, 0.717) is 12.1 Å². The SMILES string of the molecule is CCN=c1scc(-c2ccc(O)c(C(N)=O)c2)n1/N=C\c1ccc(OC)cc1. The number of nitrogens with zero attached hydrogens (tertiary/aromatic N) is 3. The van der Waals surface area contributed by atoms with Gasteiger partial charge in [0.2, 0.25) is 4.80 Å². The molecule has 28 heavy (non-hydrogen) atoms. The van der Waals surface area contributed by atoms with Gasteiger partial charge in [-0.15, -0.1) is 11.3 Å². The van der Waals surface area contributed by atoms with Crippen molar-refractivity contribution in [2.45, 2.75) is 6.92 Å².